The van der Waals surface area contributed by atoms with Crippen molar-refractivity contribution < 1.29 is 34.8 Å². The average Bonchev–Trinajstić information content (AvgIpc) is 2.56. The highest BCUT2D eigenvalue weighted by molar-refractivity contribution is 5.99. The Kier molecular flexibility index (Phi) is 7.41. The van der Waals surface area contributed by atoms with Crippen molar-refractivity contribution in [2.45, 2.75) is 12.2 Å². The van der Waals surface area contributed by atoms with E-state index in [0.29, 0.717) is 5.56 Å². The molecule has 0 amide bonds. The monoisotopic (exact) mass is 310 g/mol. The van der Waals surface area contributed by atoms with Gasteiger partial charge >= 0.3 is 5.97 Å². The zero-order valence-electron chi connectivity index (χ0n) is 11.8. The topological polar surface area (TPSA) is 124 Å². The van der Waals surface area contributed by atoms with E-state index in [4.69, 9.17) is 15.3 Å². The molecule has 2 unspecified atom stereocenters. The van der Waals surface area contributed by atoms with Gasteiger partial charge in [-0.25, -0.2) is 4.79 Å². The first kappa shape index (κ1) is 18.0. The molecule has 22 heavy (non-hydrogen) atoms. The first-order valence-electron chi connectivity index (χ1n) is 6.55. The lowest BCUT2D eigenvalue weighted by Crippen LogP contribution is -2.24. The number of ketones is 1. The van der Waals surface area contributed by atoms with Gasteiger partial charge < -0.3 is 25.2 Å². The van der Waals surface area contributed by atoms with Gasteiger partial charge in [0.25, 0.3) is 0 Å². The lowest BCUT2D eigenvalue weighted by molar-refractivity contribution is -0.141. The Morgan fingerprint density at radius 2 is 1.73 bits per heavy atom. The highest BCUT2D eigenvalue weighted by Gasteiger charge is 2.15. The van der Waals surface area contributed by atoms with Crippen molar-refractivity contribution in [3.8, 4) is 0 Å². The summed E-state index contributed by atoms with van der Waals surface area (Å²) < 4.78 is 4.67. The Morgan fingerprint density at radius 3 is 2.27 bits per heavy atom. The predicted molar refractivity (Wildman–Crippen MR) is 77.0 cm³/mol. The Balaban J connectivity index is 2.58. The van der Waals surface area contributed by atoms with Gasteiger partial charge in [0.2, 0.25) is 0 Å². The van der Waals surface area contributed by atoms with E-state index < -0.39 is 37.2 Å². The first-order valence-corrected chi connectivity index (χ1v) is 6.55. The number of carbonyl (C=O) groups is 2. The third-order valence-electron chi connectivity index (χ3n) is 2.71. The molecule has 1 aromatic rings. The molecule has 0 fully saturated rings. The summed E-state index contributed by atoms with van der Waals surface area (Å²) in [5.41, 5.74) is 0.863. The fraction of sp³-hybridized carbons (Fsp3) is 0.333. The molecule has 1 rings (SSSR count). The van der Waals surface area contributed by atoms with Gasteiger partial charge in [-0.05, 0) is 11.6 Å². The number of rotatable bonds is 8. The average molecular weight is 310 g/mol. The molecule has 0 radical (unpaired) electrons. The number of esters is 1. The molecule has 7 nitrogen and oxygen atoms in total. The molecule has 0 aliphatic heterocycles. The van der Waals surface area contributed by atoms with Crippen LogP contribution >= 0.6 is 0 Å². The number of ether oxygens (including phenoxy) is 1. The van der Waals surface area contributed by atoms with Crippen LogP contribution in [-0.4, -0.2) is 64.2 Å². The smallest absolute Gasteiger partial charge is 0.330 e. The highest BCUT2D eigenvalue weighted by atomic mass is 16.5. The Labute approximate surface area is 127 Å². The first-order chi connectivity index (χ1) is 10.5. The van der Waals surface area contributed by atoms with Crippen LogP contribution in [0.15, 0.2) is 30.3 Å². The molecule has 7 heteroatoms. The maximum Gasteiger partial charge on any atom is 0.330 e. The molecular formula is C15H18O7. The summed E-state index contributed by atoms with van der Waals surface area (Å²) in [6.45, 7) is -1.44. The normalized spacial score (nSPS) is 13.8. The minimum Gasteiger partial charge on any atom is -0.460 e. The SMILES string of the molecule is O=C(C=Cc1ccc(C(=O)C(O)CO)cc1)OCC(O)CO. The summed E-state index contributed by atoms with van der Waals surface area (Å²) in [5.74, 6) is -1.27. The number of aliphatic hydroxyl groups excluding tert-OH is 4. The number of carbonyl (C=O) groups excluding carboxylic acids is 2. The molecule has 0 heterocycles. The highest BCUT2D eigenvalue weighted by Crippen LogP contribution is 2.09. The quantitative estimate of drug-likeness (QED) is 0.279. The zero-order chi connectivity index (χ0) is 16.5. The van der Waals surface area contributed by atoms with E-state index in [0.717, 1.165) is 6.08 Å². The van der Waals surface area contributed by atoms with Gasteiger partial charge in [0.15, 0.2) is 5.78 Å². The van der Waals surface area contributed by atoms with Crippen molar-refractivity contribution in [3.05, 3.63) is 41.5 Å². The van der Waals surface area contributed by atoms with Gasteiger partial charge in [0.1, 0.15) is 18.8 Å². The summed E-state index contributed by atoms with van der Waals surface area (Å²) in [5, 5.41) is 35.5. The molecule has 0 aliphatic carbocycles. The van der Waals surface area contributed by atoms with Gasteiger partial charge in [-0.1, -0.05) is 24.3 Å². The molecule has 0 aliphatic rings. The zero-order valence-corrected chi connectivity index (χ0v) is 11.8. The van der Waals surface area contributed by atoms with Gasteiger partial charge in [0, 0.05) is 11.6 Å². The number of hydrogen-bond acceptors (Lipinski definition) is 7. The lowest BCUT2D eigenvalue weighted by Gasteiger charge is -2.06. The third kappa shape index (κ3) is 5.74. The summed E-state index contributed by atoms with van der Waals surface area (Å²) in [7, 11) is 0. The molecule has 2 atom stereocenters. The molecule has 120 valence electrons. The van der Waals surface area contributed by atoms with Crippen LogP contribution in [0.5, 0.6) is 0 Å². The molecular weight excluding hydrogens is 292 g/mol. The van der Waals surface area contributed by atoms with E-state index in [-0.39, 0.29) is 12.2 Å². The maximum atomic E-state index is 11.6. The van der Waals surface area contributed by atoms with Crippen LogP contribution in [0, 0.1) is 0 Å². The molecule has 0 spiro atoms. The van der Waals surface area contributed by atoms with E-state index in [1.807, 2.05) is 0 Å². The van der Waals surface area contributed by atoms with Crippen molar-refractivity contribution in [1.29, 1.82) is 0 Å². The minimum absolute atomic E-state index is 0.243. The van der Waals surface area contributed by atoms with Crippen molar-refractivity contribution >= 4 is 17.8 Å². The summed E-state index contributed by atoms with van der Waals surface area (Å²) in [6, 6.07) is 6.04. The van der Waals surface area contributed by atoms with Crippen LogP contribution in [0.4, 0.5) is 0 Å². The molecule has 4 N–H and O–H groups in total. The second-order valence-corrected chi connectivity index (χ2v) is 4.48. The molecule has 0 aromatic heterocycles. The number of Topliss-reactive ketones (excluding diaryl/α,β-unsaturated/α-hetero) is 1. The van der Waals surface area contributed by atoms with Crippen molar-refractivity contribution in [2.75, 3.05) is 19.8 Å². The second-order valence-electron chi connectivity index (χ2n) is 4.48. The second kappa shape index (κ2) is 9.06. The van der Waals surface area contributed by atoms with Crippen LogP contribution in [-0.2, 0) is 9.53 Å². The van der Waals surface area contributed by atoms with Crippen LogP contribution < -0.4 is 0 Å². The maximum absolute atomic E-state index is 11.6. The van der Waals surface area contributed by atoms with Gasteiger partial charge in [-0.15, -0.1) is 0 Å². The van der Waals surface area contributed by atoms with Crippen LogP contribution in [0.25, 0.3) is 6.08 Å². The third-order valence-corrected chi connectivity index (χ3v) is 2.71. The Bertz CT molecular complexity index is 521. The summed E-state index contributed by atoms with van der Waals surface area (Å²) >= 11 is 0. The van der Waals surface area contributed by atoms with Crippen LogP contribution in [0.2, 0.25) is 0 Å². The number of benzene rings is 1. The molecule has 0 saturated heterocycles. The number of hydrogen-bond donors (Lipinski definition) is 4. The number of aliphatic hydroxyl groups is 4. The Morgan fingerprint density at radius 1 is 1.09 bits per heavy atom. The van der Waals surface area contributed by atoms with Crippen LogP contribution in [0.3, 0.4) is 0 Å². The fourth-order valence-corrected chi connectivity index (χ4v) is 1.48. The summed E-state index contributed by atoms with van der Waals surface area (Å²) in [6.07, 6.45) is 0.0309. The van der Waals surface area contributed by atoms with E-state index >= 15 is 0 Å². The largest absolute Gasteiger partial charge is 0.460 e. The van der Waals surface area contributed by atoms with E-state index in [1.54, 1.807) is 12.1 Å². The predicted octanol–water partition coefficient (Wildman–Crippen LogP) is -0.868. The van der Waals surface area contributed by atoms with Crippen LogP contribution in [0.1, 0.15) is 15.9 Å². The standard InChI is InChI=1S/C15H18O7/c16-7-12(18)9-22-14(20)6-3-10-1-4-11(5-2-10)15(21)13(19)8-17/h1-6,12-13,16-19H,7-9H2. The lowest BCUT2D eigenvalue weighted by atomic mass is 10.0. The van der Waals surface area contributed by atoms with Gasteiger partial charge in [-0.2, -0.15) is 0 Å². The summed E-state index contributed by atoms with van der Waals surface area (Å²) in [4.78, 5) is 22.9. The van der Waals surface area contributed by atoms with Gasteiger partial charge in [0.05, 0.1) is 13.2 Å². The van der Waals surface area contributed by atoms with Gasteiger partial charge in [-0.3, -0.25) is 4.79 Å². The van der Waals surface area contributed by atoms with E-state index in [2.05, 4.69) is 4.74 Å². The van der Waals surface area contributed by atoms with E-state index in [9.17, 15) is 14.7 Å². The molecule has 0 bridgehead atoms. The molecule has 1 aromatic carbocycles. The van der Waals surface area contributed by atoms with Crippen molar-refractivity contribution in [3.63, 3.8) is 0 Å². The minimum atomic E-state index is -1.45. The Hall–Kier alpha value is -2.06. The fourth-order valence-electron chi connectivity index (χ4n) is 1.48. The van der Waals surface area contributed by atoms with Crippen molar-refractivity contribution in [2.24, 2.45) is 0 Å². The molecule has 0 saturated carbocycles. The van der Waals surface area contributed by atoms with Crippen molar-refractivity contribution in [1.82, 2.24) is 0 Å². The van der Waals surface area contributed by atoms with E-state index in [1.165, 1.54) is 18.2 Å².